The number of carbonyl (C=O) groups excluding carboxylic acids is 1. The van der Waals surface area contributed by atoms with Gasteiger partial charge in [0.15, 0.2) is 0 Å². The summed E-state index contributed by atoms with van der Waals surface area (Å²) in [4.78, 5) is 20.8. The number of nitrogens with one attached hydrogen (secondary N) is 1. The second-order valence-electron chi connectivity index (χ2n) is 8.22. The monoisotopic (exact) mass is 392 g/mol. The summed E-state index contributed by atoms with van der Waals surface area (Å²) in [5.74, 6) is 0.0798. The van der Waals surface area contributed by atoms with E-state index in [2.05, 4.69) is 9.71 Å². The van der Waals surface area contributed by atoms with Crippen LogP contribution in [0.15, 0.2) is 28.1 Å². The Kier molecular flexibility index (Phi) is 3.35. The quantitative estimate of drug-likeness (QED) is 0.826. The fourth-order valence-electron chi connectivity index (χ4n) is 3.61. The molecule has 0 spiro atoms. The van der Waals surface area contributed by atoms with Crippen molar-refractivity contribution < 1.29 is 17.6 Å². The van der Waals surface area contributed by atoms with E-state index in [1.807, 2.05) is 11.8 Å². The fraction of sp³-hybridized carbons (Fsp3) is 0.556. The molecule has 2 saturated carbocycles. The van der Waals surface area contributed by atoms with Gasteiger partial charge in [0.05, 0.1) is 29.2 Å². The summed E-state index contributed by atoms with van der Waals surface area (Å²) in [7, 11) is -3.72. The van der Waals surface area contributed by atoms with Crippen LogP contribution in [0.5, 0.6) is 0 Å². The van der Waals surface area contributed by atoms with Crippen LogP contribution in [0, 0.1) is 0 Å². The Morgan fingerprint density at radius 2 is 2.00 bits per heavy atom. The van der Waals surface area contributed by atoms with Crippen LogP contribution in [-0.2, 0) is 10.0 Å². The summed E-state index contributed by atoms with van der Waals surface area (Å²) < 4.78 is 42.5. The Balaban J connectivity index is 1.54. The lowest BCUT2D eigenvalue weighted by Crippen LogP contribution is -2.52. The van der Waals surface area contributed by atoms with E-state index in [0.717, 1.165) is 12.8 Å². The smallest absolute Gasteiger partial charge is 0.262 e. The Morgan fingerprint density at radius 1 is 1.26 bits per heavy atom. The molecule has 4 aliphatic rings. The number of alkyl halides is 1. The van der Waals surface area contributed by atoms with E-state index in [-0.39, 0.29) is 22.9 Å². The molecule has 5 rings (SSSR count). The number of fused-ring (bicyclic) bond motifs is 3. The predicted octanol–water partition coefficient (Wildman–Crippen LogP) is 1.65. The van der Waals surface area contributed by atoms with Crippen molar-refractivity contribution in [3.05, 3.63) is 23.8 Å². The van der Waals surface area contributed by atoms with Crippen molar-refractivity contribution in [1.82, 2.24) is 9.62 Å². The summed E-state index contributed by atoms with van der Waals surface area (Å²) in [6, 6.07) is 4.58. The van der Waals surface area contributed by atoms with Crippen LogP contribution in [0.25, 0.3) is 0 Å². The van der Waals surface area contributed by atoms with E-state index in [1.165, 1.54) is 17.0 Å². The van der Waals surface area contributed by atoms with Crippen molar-refractivity contribution in [2.75, 3.05) is 24.5 Å². The molecule has 0 aromatic heterocycles. The third-order valence-corrected chi connectivity index (χ3v) is 7.36. The van der Waals surface area contributed by atoms with Crippen molar-refractivity contribution in [2.45, 2.75) is 48.7 Å². The van der Waals surface area contributed by atoms with Gasteiger partial charge in [0.25, 0.3) is 5.91 Å². The van der Waals surface area contributed by atoms with Gasteiger partial charge in [-0.2, -0.15) is 0 Å². The first-order valence-electron chi connectivity index (χ1n) is 9.21. The van der Waals surface area contributed by atoms with Crippen molar-refractivity contribution >= 4 is 27.6 Å². The van der Waals surface area contributed by atoms with Gasteiger partial charge in [-0.25, -0.2) is 17.5 Å². The Bertz CT molecular complexity index is 982. The van der Waals surface area contributed by atoms with Crippen LogP contribution in [0.2, 0.25) is 0 Å². The van der Waals surface area contributed by atoms with Crippen LogP contribution < -0.4 is 9.62 Å². The van der Waals surface area contributed by atoms with E-state index >= 15 is 0 Å². The lowest BCUT2D eigenvalue weighted by Gasteiger charge is -2.36. The average molecular weight is 392 g/mol. The molecular weight excluding hydrogens is 371 g/mol. The topological polar surface area (TPSA) is 82.1 Å². The minimum Gasteiger partial charge on any atom is -0.310 e. The highest BCUT2D eigenvalue weighted by Crippen LogP contribution is 2.43. The number of halogens is 1. The number of anilines is 1. The van der Waals surface area contributed by atoms with E-state index in [1.54, 1.807) is 6.07 Å². The van der Waals surface area contributed by atoms with Gasteiger partial charge >= 0.3 is 0 Å². The lowest BCUT2D eigenvalue weighted by molar-refractivity contribution is 0.0800. The highest BCUT2D eigenvalue weighted by molar-refractivity contribution is 7.89. The summed E-state index contributed by atoms with van der Waals surface area (Å²) in [5.41, 5.74) is -0.834. The molecule has 2 aliphatic carbocycles. The van der Waals surface area contributed by atoms with Gasteiger partial charge in [-0.05, 0) is 50.8 Å². The summed E-state index contributed by atoms with van der Waals surface area (Å²) in [6.45, 7) is 2.94. The third kappa shape index (κ3) is 2.84. The molecule has 0 saturated heterocycles. The molecule has 2 fully saturated rings. The minimum atomic E-state index is -3.72. The first-order valence-corrected chi connectivity index (χ1v) is 10.7. The van der Waals surface area contributed by atoms with Crippen molar-refractivity contribution in [1.29, 1.82) is 0 Å². The van der Waals surface area contributed by atoms with E-state index in [0.29, 0.717) is 37.6 Å². The molecule has 9 heteroatoms. The zero-order valence-corrected chi connectivity index (χ0v) is 15.9. The van der Waals surface area contributed by atoms with E-state index < -0.39 is 21.2 Å². The van der Waals surface area contributed by atoms with Crippen molar-refractivity contribution in [3.8, 4) is 0 Å². The maximum absolute atomic E-state index is 14.4. The number of hydrogen-bond donors (Lipinski definition) is 1. The van der Waals surface area contributed by atoms with E-state index in [9.17, 15) is 17.6 Å². The normalized spacial score (nSPS) is 24.4. The van der Waals surface area contributed by atoms with Crippen LogP contribution in [-0.4, -0.2) is 56.0 Å². The van der Waals surface area contributed by atoms with E-state index in [4.69, 9.17) is 0 Å². The number of amides is 1. The molecule has 27 heavy (non-hydrogen) atoms. The SMILES string of the molecule is CC1(NS(=O)(=O)c2ccc3c(c2)C(=O)N(CC2(F)CC2)C2=NCCN23)CC1. The maximum atomic E-state index is 14.4. The minimum absolute atomic E-state index is 0.0338. The molecule has 0 unspecified atom stereocenters. The second kappa shape index (κ2) is 5.29. The largest absolute Gasteiger partial charge is 0.310 e. The molecule has 2 heterocycles. The Labute approximate surface area is 157 Å². The number of rotatable bonds is 5. The number of guanidine groups is 1. The standard InChI is InChI=1S/C18H21FN4O3S/c1-17(4-5-17)21-27(25,26)12-2-3-14-13(10-12)15(24)23(11-18(19)6-7-18)16-20-8-9-22(14)16/h2-3,10,21H,4-9,11H2,1H3. The highest BCUT2D eigenvalue weighted by Gasteiger charge is 2.49. The van der Waals surface area contributed by atoms with Gasteiger partial charge in [0, 0.05) is 12.1 Å². The molecule has 0 atom stereocenters. The number of nitrogens with zero attached hydrogens (tertiary/aromatic N) is 3. The van der Waals surface area contributed by atoms with Crippen LogP contribution in [0.4, 0.5) is 10.1 Å². The molecule has 2 aliphatic heterocycles. The lowest BCUT2D eigenvalue weighted by atomic mass is 10.1. The fourth-order valence-corrected chi connectivity index (χ4v) is 5.10. The molecular formula is C18H21FN4O3S. The first kappa shape index (κ1) is 17.1. The van der Waals surface area contributed by atoms with Crippen molar-refractivity contribution in [3.63, 3.8) is 0 Å². The zero-order chi connectivity index (χ0) is 19.0. The summed E-state index contributed by atoms with van der Waals surface area (Å²) in [6.07, 6.45) is 2.48. The molecule has 0 bridgehead atoms. The van der Waals surface area contributed by atoms with Gasteiger partial charge < -0.3 is 4.90 Å². The third-order valence-electron chi connectivity index (χ3n) is 5.72. The molecule has 1 aromatic carbocycles. The predicted molar refractivity (Wildman–Crippen MR) is 98.2 cm³/mol. The number of sulfonamides is 1. The number of hydrogen-bond acceptors (Lipinski definition) is 5. The molecule has 1 aromatic rings. The zero-order valence-electron chi connectivity index (χ0n) is 15.0. The Hall–Kier alpha value is -2.00. The number of aliphatic imine (C=N–C) groups is 1. The highest BCUT2D eigenvalue weighted by atomic mass is 32.2. The number of carbonyl (C=O) groups is 1. The summed E-state index contributed by atoms with van der Waals surface area (Å²) >= 11 is 0. The second-order valence-corrected chi connectivity index (χ2v) is 9.90. The summed E-state index contributed by atoms with van der Waals surface area (Å²) in [5, 5.41) is 0. The van der Waals surface area contributed by atoms with Crippen LogP contribution >= 0.6 is 0 Å². The van der Waals surface area contributed by atoms with Gasteiger partial charge in [0.1, 0.15) is 5.67 Å². The number of benzene rings is 1. The Morgan fingerprint density at radius 3 is 2.67 bits per heavy atom. The first-order chi connectivity index (χ1) is 12.7. The van der Waals surface area contributed by atoms with Crippen LogP contribution in [0.3, 0.4) is 0 Å². The van der Waals surface area contributed by atoms with Crippen LogP contribution in [0.1, 0.15) is 43.0 Å². The molecule has 1 amide bonds. The van der Waals surface area contributed by atoms with Gasteiger partial charge in [-0.1, -0.05) is 0 Å². The molecule has 7 nitrogen and oxygen atoms in total. The molecule has 0 radical (unpaired) electrons. The maximum Gasteiger partial charge on any atom is 0.262 e. The van der Waals surface area contributed by atoms with Crippen molar-refractivity contribution in [2.24, 2.45) is 4.99 Å². The molecule has 1 N–H and O–H groups in total. The molecule has 144 valence electrons. The van der Waals surface area contributed by atoms with Gasteiger partial charge in [0.2, 0.25) is 16.0 Å². The van der Waals surface area contributed by atoms with Gasteiger partial charge in [-0.15, -0.1) is 0 Å². The average Bonchev–Trinajstić information content (AvgIpc) is 3.46. The van der Waals surface area contributed by atoms with Gasteiger partial charge in [-0.3, -0.25) is 14.7 Å².